The highest BCUT2D eigenvalue weighted by Gasteiger charge is 2.16. The molecule has 1 aliphatic rings. The molecule has 0 aliphatic carbocycles. The first-order valence-electron chi connectivity index (χ1n) is 7.22. The van der Waals surface area contributed by atoms with E-state index in [1.807, 2.05) is 0 Å². The van der Waals surface area contributed by atoms with E-state index in [4.69, 9.17) is 15.9 Å². The van der Waals surface area contributed by atoms with Gasteiger partial charge in [-0.25, -0.2) is 0 Å². The number of ether oxygens (including phenoxy) is 2. The summed E-state index contributed by atoms with van der Waals surface area (Å²) in [5, 5.41) is 3.16. The predicted molar refractivity (Wildman–Crippen MR) is 80.6 cm³/mol. The van der Waals surface area contributed by atoms with Crippen molar-refractivity contribution < 1.29 is 9.47 Å². The van der Waals surface area contributed by atoms with Crippen LogP contribution in [0.15, 0.2) is 0 Å². The molecule has 114 valence electrons. The average Bonchev–Trinajstić information content (AvgIpc) is 2.54. The number of terminal acetylenes is 1. The average molecular weight is 291 g/mol. The van der Waals surface area contributed by atoms with Gasteiger partial charge in [0.05, 0.1) is 13.2 Å². The van der Waals surface area contributed by atoms with Crippen LogP contribution in [0.3, 0.4) is 0 Å². The van der Waals surface area contributed by atoms with E-state index in [9.17, 15) is 0 Å². The van der Waals surface area contributed by atoms with Crippen molar-refractivity contribution >= 4 is 11.9 Å². The minimum absolute atomic E-state index is 0.306. The molecule has 21 heavy (non-hydrogen) atoms. The van der Waals surface area contributed by atoms with Gasteiger partial charge in [0.25, 0.3) is 0 Å². The maximum atomic E-state index is 5.50. The Morgan fingerprint density at radius 2 is 2.14 bits per heavy atom. The molecule has 0 bridgehead atoms. The molecule has 1 aliphatic heterocycles. The minimum Gasteiger partial charge on any atom is -0.462 e. The lowest BCUT2D eigenvalue weighted by atomic mass is 10.4. The van der Waals surface area contributed by atoms with Crippen molar-refractivity contribution in [2.24, 2.45) is 0 Å². The van der Waals surface area contributed by atoms with Gasteiger partial charge in [-0.05, 0) is 6.42 Å². The van der Waals surface area contributed by atoms with Crippen molar-refractivity contribution in [2.45, 2.75) is 19.8 Å². The normalized spacial score (nSPS) is 14.6. The zero-order valence-corrected chi connectivity index (χ0v) is 12.3. The standard InChI is InChI=1S/C14H21N5O2/c1-3-5-9-21-14-17-12(15-6-4-2)16-13(18-14)19-7-10-20-11-8-19/h1H,4-11H2,2H3,(H,15,16,17,18). The SMILES string of the molecule is C#CCCOc1nc(NCCC)nc(N2CCOCC2)n1. The summed E-state index contributed by atoms with van der Waals surface area (Å²) in [7, 11) is 0. The maximum Gasteiger partial charge on any atom is 0.323 e. The van der Waals surface area contributed by atoms with Gasteiger partial charge < -0.3 is 19.7 Å². The topological polar surface area (TPSA) is 72.4 Å². The fraction of sp³-hybridized carbons (Fsp3) is 0.643. The molecule has 7 heteroatoms. The van der Waals surface area contributed by atoms with Crippen LogP contribution in [0.25, 0.3) is 0 Å². The summed E-state index contributed by atoms with van der Waals surface area (Å²) < 4.78 is 10.8. The van der Waals surface area contributed by atoms with Gasteiger partial charge >= 0.3 is 6.01 Å². The van der Waals surface area contributed by atoms with Crippen molar-refractivity contribution in [1.82, 2.24) is 15.0 Å². The molecule has 7 nitrogen and oxygen atoms in total. The molecular weight excluding hydrogens is 270 g/mol. The Balaban J connectivity index is 2.12. The van der Waals surface area contributed by atoms with Gasteiger partial charge in [0.2, 0.25) is 11.9 Å². The van der Waals surface area contributed by atoms with Crippen molar-refractivity contribution in [2.75, 3.05) is 49.7 Å². The van der Waals surface area contributed by atoms with Crippen molar-refractivity contribution in [3.05, 3.63) is 0 Å². The molecule has 0 spiro atoms. The second-order valence-corrected chi connectivity index (χ2v) is 4.57. The van der Waals surface area contributed by atoms with Gasteiger partial charge in [-0.2, -0.15) is 15.0 Å². The third kappa shape index (κ3) is 4.76. The van der Waals surface area contributed by atoms with Gasteiger partial charge in [0.15, 0.2) is 0 Å². The molecule has 1 aromatic heterocycles. The highest BCUT2D eigenvalue weighted by Crippen LogP contribution is 2.16. The van der Waals surface area contributed by atoms with Crippen LogP contribution in [0.4, 0.5) is 11.9 Å². The van der Waals surface area contributed by atoms with E-state index in [0.717, 1.165) is 26.1 Å². The number of rotatable bonds is 7. The maximum absolute atomic E-state index is 5.50. The monoisotopic (exact) mass is 291 g/mol. The number of anilines is 2. The Morgan fingerprint density at radius 3 is 2.86 bits per heavy atom. The molecule has 2 rings (SSSR count). The minimum atomic E-state index is 0.306. The quantitative estimate of drug-likeness (QED) is 0.592. The molecular formula is C14H21N5O2. The Bertz CT molecular complexity index is 483. The summed E-state index contributed by atoms with van der Waals surface area (Å²) in [6, 6.07) is 0.306. The van der Waals surface area contributed by atoms with E-state index >= 15 is 0 Å². The number of hydrogen-bond donors (Lipinski definition) is 1. The highest BCUT2D eigenvalue weighted by molar-refractivity contribution is 5.38. The Kier molecular flexibility index (Phi) is 6.03. The van der Waals surface area contributed by atoms with E-state index < -0.39 is 0 Å². The molecule has 0 aromatic carbocycles. The van der Waals surface area contributed by atoms with E-state index in [1.54, 1.807) is 0 Å². The highest BCUT2D eigenvalue weighted by atomic mass is 16.5. The summed E-state index contributed by atoms with van der Waals surface area (Å²) in [6.45, 7) is 6.17. The van der Waals surface area contributed by atoms with E-state index in [-0.39, 0.29) is 0 Å². The van der Waals surface area contributed by atoms with Crippen LogP contribution in [-0.4, -0.2) is 54.4 Å². The molecule has 0 atom stereocenters. The summed E-state index contributed by atoms with van der Waals surface area (Å²) in [5.41, 5.74) is 0. The predicted octanol–water partition coefficient (Wildman–Crippen LogP) is 0.932. The lowest BCUT2D eigenvalue weighted by Gasteiger charge is -2.27. The summed E-state index contributed by atoms with van der Waals surface area (Å²) in [5.74, 6) is 3.67. The molecule has 2 heterocycles. The Hall–Kier alpha value is -2.07. The van der Waals surface area contributed by atoms with Gasteiger partial charge in [-0.15, -0.1) is 12.3 Å². The number of aromatic nitrogens is 3. The first kappa shape index (κ1) is 15.3. The third-order valence-corrected chi connectivity index (χ3v) is 2.91. The molecule has 1 saturated heterocycles. The van der Waals surface area contributed by atoms with Crippen LogP contribution in [0.5, 0.6) is 6.01 Å². The van der Waals surface area contributed by atoms with E-state index in [0.29, 0.717) is 44.1 Å². The molecule has 0 amide bonds. The Labute approximate surface area is 125 Å². The fourth-order valence-corrected chi connectivity index (χ4v) is 1.83. The zero-order chi connectivity index (χ0) is 14.9. The van der Waals surface area contributed by atoms with Gasteiger partial charge in [-0.3, -0.25) is 0 Å². The smallest absolute Gasteiger partial charge is 0.323 e. The van der Waals surface area contributed by atoms with Crippen molar-refractivity contribution in [1.29, 1.82) is 0 Å². The summed E-state index contributed by atoms with van der Waals surface area (Å²) in [4.78, 5) is 15.1. The van der Waals surface area contributed by atoms with Gasteiger partial charge in [0, 0.05) is 26.1 Å². The first-order valence-corrected chi connectivity index (χ1v) is 7.22. The van der Waals surface area contributed by atoms with Crippen LogP contribution in [-0.2, 0) is 4.74 Å². The second kappa shape index (κ2) is 8.27. The van der Waals surface area contributed by atoms with E-state index in [1.165, 1.54) is 0 Å². The Morgan fingerprint density at radius 1 is 1.33 bits per heavy atom. The molecule has 0 unspecified atom stereocenters. The summed E-state index contributed by atoms with van der Waals surface area (Å²) >= 11 is 0. The second-order valence-electron chi connectivity index (χ2n) is 4.57. The third-order valence-electron chi connectivity index (χ3n) is 2.91. The molecule has 0 saturated carbocycles. The first-order chi connectivity index (χ1) is 10.3. The van der Waals surface area contributed by atoms with Crippen LogP contribution in [0, 0.1) is 12.3 Å². The van der Waals surface area contributed by atoms with Crippen LogP contribution in [0.2, 0.25) is 0 Å². The number of morpholine rings is 1. The zero-order valence-electron chi connectivity index (χ0n) is 12.3. The van der Waals surface area contributed by atoms with Crippen molar-refractivity contribution in [3.8, 4) is 18.4 Å². The van der Waals surface area contributed by atoms with Gasteiger partial charge in [-0.1, -0.05) is 6.92 Å². The molecule has 1 aromatic rings. The van der Waals surface area contributed by atoms with E-state index in [2.05, 4.69) is 38.0 Å². The molecule has 1 fully saturated rings. The summed E-state index contributed by atoms with van der Waals surface area (Å²) in [6.07, 6.45) is 6.73. The van der Waals surface area contributed by atoms with Crippen LogP contribution >= 0.6 is 0 Å². The number of nitrogens with zero attached hydrogens (tertiary/aromatic N) is 4. The molecule has 0 radical (unpaired) electrons. The van der Waals surface area contributed by atoms with Gasteiger partial charge in [0.1, 0.15) is 6.61 Å². The van der Waals surface area contributed by atoms with Crippen LogP contribution in [0.1, 0.15) is 19.8 Å². The largest absolute Gasteiger partial charge is 0.462 e. The number of nitrogens with one attached hydrogen (secondary N) is 1. The van der Waals surface area contributed by atoms with Crippen LogP contribution < -0.4 is 15.0 Å². The molecule has 1 N–H and O–H groups in total. The lowest BCUT2D eigenvalue weighted by Crippen LogP contribution is -2.37. The van der Waals surface area contributed by atoms with Crippen molar-refractivity contribution in [3.63, 3.8) is 0 Å². The number of hydrogen-bond acceptors (Lipinski definition) is 7. The fourth-order valence-electron chi connectivity index (χ4n) is 1.83. The lowest BCUT2D eigenvalue weighted by molar-refractivity contribution is 0.122.